The van der Waals surface area contributed by atoms with E-state index in [0.29, 0.717) is 42.6 Å². The Morgan fingerprint density at radius 1 is 1.10 bits per heavy atom. The molecule has 0 saturated heterocycles. The second kappa shape index (κ2) is 9.73. The molecule has 0 amide bonds. The lowest BCUT2D eigenvalue weighted by Gasteiger charge is -2.39. The van der Waals surface area contributed by atoms with E-state index in [2.05, 4.69) is 6.58 Å². The summed E-state index contributed by atoms with van der Waals surface area (Å²) in [5.41, 5.74) is 0.860. The fourth-order valence-electron chi connectivity index (χ4n) is 4.17. The zero-order chi connectivity index (χ0) is 21.6. The van der Waals surface area contributed by atoms with Gasteiger partial charge in [-0.2, -0.15) is 0 Å². The van der Waals surface area contributed by atoms with Crippen LogP contribution in [0.4, 0.5) is 0 Å². The molecule has 4 heteroatoms. The van der Waals surface area contributed by atoms with Gasteiger partial charge >= 0.3 is 0 Å². The number of hydrogen-bond acceptors (Lipinski definition) is 4. The predicted molar refractivity (Wildman–Crippen MR) is 116 cm³/mol. The van der Waals surface area contributed by atoms with Crippen molar-refractivity contribution in [2.45, 2.75) is 59.3 Å². The third-order valence-corrected chi connectivity index (χ3v) is 5.52. The Morgan fingerprint density at radius 3 is 2.28 bits per heavy atom. The predicted octanol–water partition coefficient (Wildman–Crippen LogP) is 5.95. The van der Waals surface area contributed by atoms with E-state index >= 15 is 0 Å². The Bertz CT molecular complexity index is 845. The first-order valence-corrected chi connectivity index (χ1v) is 10.3. The number of ether oxygens (including phenoxy) is 1. The first-order valence-electron chi connectivity index (χ1n) is 10.3. The molecule has 1 aromatic rings. The van der Waals surface area contributed by atoms with Crippen molar-refractivity contribution in [3.8, 4) is 0 Å². The number of aliphatic hydroxyl groups is 1. The highest BCUT2D eigenvalue weighted by molar-refractivity contribution is 6.33. The van der Waals surface area contributed by atoms with Gasteiger partial charge in [-0.1, -0.05) is 62.6 Å². The normalized spacial score (nSPS) is 21.4. The highest BCUT2D eigenvalue weighted by atomic mass is 16.5. The highest BCUT2D eigenvalue weighted by Crippen LogP contribution is 2.48. The van der Waals surface area contributed by atoms with Gasteiger partial charge in [0, 0.05) is 11.1 Å². The molecule has 156 valence electrons. The molecule has 1 atom stereocenters. The van der Waals surface area contributed by atoms with Gasteiger partial charge in [0.1, 0.15) is 17.1 Å². The minimum atomic E-state index is -0.959. The Labute approximate surface area is 174 Å². The number of rotatable bonds is 9. The first-order chi connectivity index (χ1) is 13.8. The molecule has 1 N–H and O–H groups in total. The number of hydrogen-bond donors (Lipinski definition) is 1. The summed E-state index contributed by atoms with van der Waals surface area (Å²) in [7, 11) is 1.53. The summed E-state index contributed by atoms with van der Waals surface area (Å²) in [4.78, 5) is 27.2. The standard InChI is InChI=1S/C25H32O4/c1-6-11-19-22(27)20(21(26)18-12-9-8-10-13-18)23(28)25(15-7-2,24(19)29-5)16-14-17(3)4/h8-10,12-13,26H,3,6-7,11,14-16H2,1-2,4-5H3/b21-20-. The number of benzene rings is 1. The summed E-state index contributed by atoms with van der Waals surface area (Å²) in [5.74, 6) is -0.539. The van der Waals surface area contributed by atoms with Crippen molar-refractivity contribution in [2.24, 2.45) is 5.41 Å². The molecule has 0 spiro atoms. The van der Waals surface area contributed by atoms with Gasteiger partial charge in [-0.3, -0.25) is 9.59 Å². The minimum Gasteiger partial charge on any atom is -0.506 e. The highest BCUT2D eigenvalue weighted by Gasteiger charge is 2.52. The Balaban J connectivity index is 2.80. The van der Waals surface area contributed by atoms with Crippen LogP contribution in [-0.2, 0) is 14.3 Å². The van der Waals surface area contributed by atoms with E-state index in [1.807, 2.05) is 26.8 Å². The second-order valence-corrected chi connectivity index (χ2v) is 7.80. The van der Waals surface area contributed by atoms with Gasteiger partial charge in [-0.25, -0.2) is 0 Å². The molecular weight excluding hydrogens is 364 g/mol. The van der Waals surface area contributed by atoms with Crippen LogP contribution in [-0.4, -0.2) is 23.8 Å². The molecule has 1 aliphatic carbocycles. The van der Waals surface area contributed by atoms with Gasteiger partial charge in [0.2, 0.25) is 0 Å². The summed E-state index contributed by atoms with van der Waals surface area (Å²) >= 11 is 0. The number of Topliss-reactive ketones (excluding diaryl/α,β-unsaturated/α-hetero) is 2. The maximum atomic E-state index is 13.8. The molecule has 1 aliphatic rings. The quantitative estimate of drug-likeness (QED) is 0.242. The summed E-state index contributed by atoms with van der Waals surface area (Å²) < 4.78 is 5.74. The van der Waals surface area contributed by atoms with Crippen LogP contribution in [0.1, 0.15) is 64.9 Å². The SMILES string of the molecule is C=C(C)CCC1(CCC)C(=O)/C(=C(\O)c2ccccc2)C(=O)C(CCC)=C1OC. The third kappa shape index (κ3) is 4.36. The summed E-state index contributed by atoms with van der Waals surface area (Å²) in [6.07, 6.45) is 3.69. The Hall–Kier alpha value is -2.62. The molecular formula is C25H32O4. The average molecular weight is 397 g/mol. The number of ketones is 2. The number of carbonyl (C=O) groups is 2. The van der Waals surface area contributed by atoms with Crippen molar-refractivity contribution in [1.82, 2.24) is 0 Å². The maximum Gasteiger partial charge on any atom is 0.199 e. The van der Waals surface area contributed by atoms with Crippen LogP contribution in [0, 0.1) is 5.41 Å². The fourth-order valence-corrected chi connectivity index (χ4v) is 4.17. The topological polar surface area (TPSA) is 63.6 Å². The fraction of sp³-hybridized carbons (Fsp3) is 0.440. The molecule has 2 rings (SSSR count). The van der Waals surface area contributed by atoms with E-state index in [0.717, 1.165) is 18.4 Å². The molecule has 1 aromatic carbocycles. The van der Waals surface area contributed by atoms with Crippen LogP contribution in [0.15, 0.2) is 59.4 Å². The van der Waals surface area contributed by atoms with Gasteiger partial charge in [-0.05, 0) is 32.6 Å². The van der Waals surface area contributed by atoms with Crippen LogP contribution in [0.2, 0.25) is 0 Å². The van der Waals surface area contributed by atoms with E-state index < -0.39 is 11.2 Å². The lowest BCUT2D eigenvalue weighted by atomic mass is 9.64. The Kier molecular flexibility index (Phi) is 7.60. The van der Waals surface area contributed by atoms with Crippen molar-refractivity contribution < 1.29 is 19.4 Å². The lowest BCUT2D eigenvalue weighted by Crippen LogP contribution is -2.43. The van der Waals surface area contributed by atoms with E-state index in [4.69, 9.17) is 4.74 Å². The largest absolute Gasteiger partial charge is 0.506 e. The van der Waals surface area contributed by atoms with Crippen LogP contribution in [0.3, 0.4) is 0 Å². The number of aliphatic hydroxyl groups excluding tert-OH is 1. The molecule has 0 radical (unpaired) electrons. The zero-order valence-corrected chi connectivity index (χ0v) is 18.0. The molecule has 29 heavy (non-hydrogen) atoms. The van der Waals surface area contributed by atoms with Gasteiger partial charge in [0.05, 0.1) is 12.5 Å². The maximum absolute atomic E-state index is 13.8. The molecule has 1 unspecified atom stereocenters. The van der Waals surface area contributed by atoms with Crippen molar-refractivity contribution in [3.05, 3.63) is 65.0 Å². The molecule has 0 heterocycles. The van der Waals surface area contributed by atoms with Crippen LogP contribution in [0.25, 0.3) is 5.76 Å². The summed E-state index contributed by atoms with van der Waals surface area (Å²) in [6, 6.07) is 8.77. The molecule has 4 nitrogen and oxygen atoms in total. The smallest absolute Gasteiger partial charge is 0.199 e. The van der Waals surface area contributed by atoms with E-state index in [1.54, 1.807) is 24.3 Å². The van der Waals surface area contributed by atoms with Gasteiger partial charge in [0.15, 0.2) is 11.6 Å². The van der Waals surface area contributed by atoms with Crippen molar-refractivity contribution >= 4 is 17.3 Å². The Morgan fingerprint density at radius 2 is 1.76 bits per heavy atom. The summed E-state index contributed by atoms with van der Waals surface area (Å²) in [5, 5.41) is 11.0. The zero-order valence-electron chi connectivity index (χ0n) is 18.0. The molecule has 0 bridgehead atoms. The minimum absolute atomic E-state index is 0.115. The number of carbonyl (C=O) groups excluding carboxylic acids is 2. The van der Waals surface area contributed by atoms with Gasteiger partial charge in [0.25, 0.3) is 0 Å². The van der Waals surface area contributed by atoms with Gasteiger partial charge < -0.3 is 9.84 Å². The van der Waals surface area contributed by atoms with Gasteiger partial charge in [-0.15, -0.1) is 6.58 Å². The number of allylic oxidation sites excluding steroid dienone is 4. The van der Waals surface area contributed by atoms with Crippen LogP contribution in [0.5, 0.6) is 0 Å². The first kappa shape index (κ1) is 22.7. The lowest BCUT2D eigenvalue weighted by molar-refractivity contribution is -0.129. The van der Waals surface area contributed by atoms with Crippen molar-refractivity contribution in [2.75, 3.05) is 7.11 Å². The average Bonchev–Trinajstić information content (AvgIpc) is 2.71. The molecule has 0 aromatic heterocycles. The molecule has 0 saturated carbocycles. The molecule has 0 aliphatic heterocycles. The summed E-state index contributed by atoms with van der Waals surface area (Å²) in [6.45, 7) is 9.91. The van der Waals surface area contributed by atoms with E-state index in [1.165, 1.54) is 7.11 Å². The molecule has 0 fully saturated rings. The monoisotopic (exact) mass is 396 g/mol. The second-order valence-electron chi connectivity index (χ2n) is 7.80. The van der Waals surface area contributed by atoms with Crippen molar-refractivity contribution in [3.63, 3.8) is 0 Å². The van der Waals surface area contributed by atoms with Crippen LogP contribution < -0.4 is 0 Å². The van der Waals surface area contributed by atoms with E-state index in [-0.39, 0.29) is 17.1 Å². The third-order valence-electron chi connectivity index (χ3n) is 5.52. The van der Waals surface area contributed by atoms with E-state index in [9.17, 15) is 14.7 Å². The van der Waals surface area contributed by atoms with Crippen LogP contribution >= 0.6 is 0 Å². The van der Waals surface area contributed by atoms with Crippen molar-refractivity contribution in [1.29, 1.82) is 0 Å². The number of methoxy groups -OCH3 is 1.